The molecule has 0 radical (unpaired) electrons. The van der Waals surface area contributed by atoms with Gasteiger partial charge in [-0.3, -0.25) is 4.79 Å². The zero-order valence-corrected chi connectivity index (χ0v) is 11.0. The van der Waals surface area contributed by atoms with Crippen molar-refractivity contribution in [3.05, 3.63) is 0 Å². The molecule has 2 fully saturated rings. The summed E-state index contributed by atoms with van der Waals surface area (Å²) in [7, 11) is 1.69. The summed E-state index contributed by atoms with van der Waals surface area (Å²) in [6.07, 6.45) is 2.54. The summed E-state index contributed by atoms with van der Waals surface area (Å²) in [5.74, 6) is -0.730. The van der Waals surface area contributed by atoms with E-state index < -0.39 is 18.0 Å². The number of carboxylic acids is 1. The lowest BCUT2D eigenvalue weighted by Crippen LogP contribution is -2.56. The van der Waals surface area contributed by atoms with Gasteiger partial charge in [-0.2, -0.15) is 0 Å². The van der Waals surface area contributed by atoms with Gasteiger partial charge in [0.05, 0.1) is 0 Å². The van der Waals surface area contributed by atoms with E-state index in [4.69, 9.17) is 5.11 Å². The summed E-state index contributed by atoms with van der Waals surface area (Å²) in [6.45, 7) is 0.925. The average molecular weight is 269 g/mol. The second-order valence-corrected chi connectivity index (χ2v) is 5.26. The highest BCUT2D eigenvalue weighted by molar-refractivity contribution is 5.87. The van der Waals surface area contributed by atoms with Crippen LogP contribution in [-0.4, -0.2) is 65.5 Å². The number of carbonyl (C=O) groups excluding carboxylic acids is 2. The van der Waals surface area contributed by atoms with E-state index in [0.717, 1.165) is 12.8 Å². The molecule has 0 aromatic rings. The molecular weight excluding hydrogens is 250 g/mol. The van der Waals surface area contributed by atoms with Gasteiger partial charge in [-0.25, -0.2) is 9.59 Å². The molecule has 1 saturated carbocycles. The first-order chi connectivity index (χ1) is 8.97. The van der Waals surface area contributed by atoms with Crippen LogP contribution in [0.1, 0.15) is 19.3 Å². The zero-order chi connectivity index (χ0) is 14.0. The Morgan fingerprint density at radius 3 is 2.63 bits per heavy atom. The Kier molecular flexibility index (Phi) is 3.92. The van der Waals surface area contributed by atoms with Crippen LogP contribution in [0.4, 0.5) is 4.79 Å². The maximum Gasteiger partial charge on any atom is 0.326 e. The molecule has 2 N–H and O–H groups in total. The fraction of sp³-hybridized carbons (Fsp3) is 0.750. The number of piperazine rings is 1. The van der Waals surface area contributed by atoms with Crippen molar-refractivity contribution in [2.24, 2.45) is 5.92 Å². The van der Waals surface area contributed by atoms with Crippen LogP contribution in [0.3, 0.4) is 0 Å². The lowest BCUT2D eigenvalue weighted by Gasteiger charge is -2.32. The molecule has 1 aliphatic carbocycles. The van der Waals surface area contributed by atoms with E-state index in [0.29, 0.717) is 25.4 Å². The van der Waals surface area contributed by atoms with Crippen LogP contribution in [0.5, 0.6) is 0 Å². The second kappa shape index (κ2) is 5.46. The minimum atomic E-state index is -1.01. The summed E-state index contributed by atoms with van der Waals surface area (Å²) in [6, 6.07) is -1.32. The Morgan fingerprint density at radius 2 is 2.11 bits per heavy atom. The molecule has 2 aliphatic rings. The fourth-order valence-electron chi connectivity index (χ4n) is 2.08. The van der Waals surface area contributed by atoms with Gasteiger partial charge in [0.2, 0.25) is 5.91 Å². The first-order valence-corrected chi connectivity index (χ1v) is 6.49. The van der Waals surface area contributed by atoms with E-state index >= 15 is 0 Å². The SMILES string of the molecule is CN1CCN(C(=O)N[C@@H](CC2CC2)C(=O)O)CC1=O. The quantitative estimate of drug-likeness (QED) is 0.734. The molecule has 3 amide bonds. The van der Waals surface area contributed by atoms with Gasteiger partial charge in [0.1, 0.15) is 12.6 Å². The maximum absolute atomic E-state index is 11.9. The van der Waals surface area contributed by atoms with E-state index in [-0.39, 0.29) is 12.5 Å². The maximum atomic E-state index is 11.9. The van der Waals surface area contributed by atoms with Crippen molar-refractivity contribution in [1.29, 1.82) is 0 Å². The lowest BCUT2D eigenvalue weighted by atomic mass is 10.1. The molecule has 0 aromatic carbocycles. The van der Waals surface area contributed by atoms with Crippen molar-refractivity contribution >= 4 is 17.9 Å². The number of hydrogen-bond acceptors (Lipinski definition) is 3. The van der Waals surface area contributed by atoms with Crippen LogP contribution in [0.15, 0.2) is 0 Å². The Hall–Kier alpha value is -1.79. The molecule has 1 saturated heterocycles. The minimum absolute atomic E-state index is 0.0120. The molecule has 2 rings (SSSR count). The third-order valence-electron chi connectivity index (χ3n) is 3.61. The topological polar surface area (TPSA) is 89.9 Å². The third kappa shape index (κ3) is 3.59. The molecule has 0 aromatic heterocycles. The smallest absolute Gasteiger partial charge is 0.326 e. The van der Waals surface area contributed by atoms with Gasteiger partial charge in [-0.05, 0) is 12.3 Å². The summed E-state index contributed by atoms with van der Waals surface area (Å²) < 4.78 is 0. The molecule has 1 aliphatic heterocycles. The largest absolute Gasteiger partial charge is 0.480 e. The van der Waals surface area contributed by atoms with Crippen molar-refractivity contribution in [1.82, 2.24) is 15.1 Å². The van der Waals surface area contributed by atoms with Gasteiger partial charge in [0.25, 0.3) is 0 Å². The van der Waals surface area contributed by atoms with Crippen molar-refractivity contribution in [3.8, 4) is 0 Å². The molecule has 0 unspecified atom stereocenters. The predicted octanol–water partition coefficient (Wildman–Crippen LogP) is -0.277. The van der Waals surface area contributed by atoms with Crippen LogP contribution in [0.25, 0.3) is 0 Å². The molecule has 1 heterocycles. The molecule has 0 bridgehead atoms. The number of urea groups is 1. The zero-order valence-electron chi connectivity index (χ0n) is 11.0. The van der Waals surface area contributed by atoms with Crippen LogP contribution in [-0.2, 0) is 9.59 Å². The van der Waals surface area contributed by atoms with Crippen LogP contribution >= 0.6 is 0 Å². The third-order valence-corrected chi connectivity index (χ3v) is 3.61. The summed E-state index contributed by atoms with van der Waals surface area (Å²) >= 11 is 0. The minimum Gasteiger partial charge on any atom is -0.480 e. The number of amides is 3. The molecule has 1 atom stereocenters. The highest BCUT2D eigenvalue weighted by atomic mass is 16.4. The van der Waals surface area contributed by atoms with Gasteiger partial charge in [0, 0.05) is 20.1 Å². The first-order valence-electron chi connectivity index (χ1n) is 6.49. The van der Waals surface area contributed by atoms with E-state index in [2.05, 4.69) is 5.32 Å². The van der Waals surface area contributed by atoms with Crippen molar-refractivity contribution in [2.75, 3.05) is 26.7 Å². The monoisotopic (exact) mass is 269 g/mol. The average Bonchev–Trinajstić information content (AvgIpc) is 3.15. The Morgan fingerprint density at radius 1 is 1.42 bits per heavy atom. The van der Waals surface area contributed by atoms with Crippen molar-refractivity contribution < 1.29 is 19.5 Å². The normalized spacial score (nSPS) is 21.2. The van der Waals surface area contributed by atoms with Gasteiger partial charge >= 0.3 is 12.0 Å². The van der Waals surface area contributed by atoms with E-state index in [1.807, 2.05) is 0 Å². The number of nitrogens with one attached hydrogen (secondary N) is 1. The van der Waals surface area contributed by atoms with Crippen LogP contribution in [0, 0.1) is 5.92 Å². The van der Waals surface area contributed by atoms with E-state index in [1.165, 1.54) is 4.90 Å². The molecule has 106 valence electrons. The molecular formula is C12H19N3O4. The lowest BCUT2D eigenvalue weighted by molar-refractivity contribution is -0.139. The number of rotatable bonds is 4. The molecule has 0 spiro atoms. The van der Waals surface area contributed by atoms with Crippen LogP contribution in [0.2, 0.25) is 0 Å². The predicted molar refractivity (Wildman–Crippen MR) is 66.5 cm³/mol. The highest BCUT2D eigenvalue weighted by Crippen LogP contribution is 2.33. The fourth-order valence-corrected chi connectivity index (χ4v) is 2.08. The van der Waals surface area contributed by atoms with Gasteiger partial charge in [-0.1, -0.05) is 12.8 Å². The number of carboxylic acid groups (broad SMARTS) is 1. The molecule has 19 heavy (non-hydrogen) atoms. The van der Waals surface area contributed by atoms with Gasteiger partial charge in [-0.15, -0.1) is 0 Å². The number of likely N-dealkylation sites (N-methyl/N-ethyl adjacent to an activating group) is 1. The highest BCUT2D eigenvalue weighted by Gasteiger charge is 2.32. The van der Waals surface area contributed by atoms with Crippen molar-refractivity contribution in [2.45, 2.75) is 25.3 Å². The molecule has 7 heteroatoms. The standard InChI is InChI=1S/C12H19N3O4/c1-14-4-5-15(7-10(14)16)12(19)13-9(11(17)18)6-8-2-3-8/h8-9H,2-7H2,1H3,(H,13,19)(H,17,18)/t9-/m0/s1. The molecule has 7 nitrogen and oxygen atoms in total. The summed E-state index contributed by atoms with van der Waals surface area (Å²) in [4.78, 5) is 37.5. The van der Waals surface area contributed by atoms with E-state index in [9.17, 15) is 14.4 Å². The van der Waals surface area contributed by atoms with E-state index in [1.54, 1.807) is 11.9 Å². The summed E-state index contributed by atoms with van der Waals surface area (Å²) in [5, 5.41) is 11.6. The van der Waals surface area contributed by atoms with Gasteiger partial charge in [0.15, 0.2) is 0 Å². The number of aliphatic carboxylic acids is 1. The number of carbonyl (C=O) groups is 3. The Bertz CT molecular complexity index is 394. The second-order valence-electron chi connectivity index (χ2n) is 5.26. The van der Waals surface area contributed by atoms with Crippen LogP contribution < -0.4 is 5.32 Å². The Balaban J connectivity index is 1.87. The Labute approximate surface area is 111 Å². The first kappa shape index (κ1) is 13.6. The number of nitrogens with zero attached hydrogens (tertiary/aromatic N) is 2. The number of hydrogen-bond donors (Lipinski definition) is 2. The van der Waals surface area contributed by atoms with Crippen molar-refractivity contribution in [3.63, 3.8) is 0 Å². The van der Waals surface area contributed by atoms with Gasteiger partial charge < -0.3 is 20.2 Å². The summed E-state index contributed by atoms with van der Waals surface area (Å²) in [5.41, 5.74) is 0.